The lowest BCUT2D eigenvalue weighted by atomic mass is 10.1. The van der Waals surface area contributed by atoms with E-state index in [1.165, 1.54) is 6.92 Å². The van der Waals surface area contributed by atoms with Gasteiger partial charge in [0.05, 0.1) is 6.04 Å². The number of hydrogen-bond donors (Lipinski definition) is 1. The molecule has 1 aromatic rings. The molecule has 3 nitrogen and oxygen atoms in total. The van der Waals surface area contributed by atoms with Gasteiger partial charge in [-0.1, -0.05) is 36.4 Å². The Morgan fingerprint density at radius 1 is 1.53 bits per heavy atom. The molecule has 0 saturated carbocycles. The Morgan fingerprint density at radius 3 is 2.73 bits per heavy atom. The molecule has 3 heteroatoms. The second-order valence-electron chi connectivity index (χ2n) is 3.20. The smallest absolute Gasteiger partial charge is 0.321 e. The molecule has 1 unspecified atom stereocenters. The fourth-order valence-electron chi connectivity index (χ4n) is 1.26. The van der Waals surface area contributed by atoms with E-state index < -0.39 is 0 Å². The molecule has 1 N–H and O–H groups in total. The highest BCUT2D eigenvalue weighted by molar-refractivity contribution is 5.65. The number of carbonyl (C=O) groups is 1. The minimum Gasteiger partial charge on any atom is -0.370 e. The summed E-state index contributed by atoms with van der Waals surface area (Å²) in [5, 5.41) is 0. The molecule has 0 radical (unpaired) electrons. The zero-order valence-corrected chi connectivity index (χ0v) is 8.77. The molecule has 0 aromatic heterocycles. The SMILES string of the molecule is C=CCC(NOC(C)=O)c1ccccc1. The Labute approximate surface area is 89.7 Å². The standard InChI is InChI=1S/C12H15NO2/c1-3-7-12(13-15-10(2)14)11-8-5-4-6-9-11/h3-6,8-9,12-13H,1,7H2,2H3. The number of nitrogens with one attached hydrogen (secondary N) is 1. The van der Waals surface area contributed by atoms with Crippen molar-refractivity contribution in [3.63, 3.8) is 0 Å². The maximum atomic E-state index is 10.7. The number of benzene rings is 1. The van der Waals surface area contributed by atoms with Gasteiger partial charge in [0.1, 0.15) is 0 Å². The van der Waals surface area contributed by atoms with E-state index in [2.05, 4.69) is 12.1 Å². The summed E-state index contributed by atoms with van der Waals surface area (Å²) in [6.07, 6.45) is 2.49. The van der Waals surface area contributed by atoms with Crippen LogP contribution < -0.4 is 5.48 Å². The molecule has 1 rings (SSSR count). The molecule has 1 aromatic carbocycles. The Hall–Kier alpha value is -1.61. The second kappa shape index (κ2) is 5.98. The number of rotatable bonds is 5. The van der Waals surface area contributed by atoms with Gasteiger partial charge in [0, 0.05) is 6.92 Å². The largest absolute Gasteiger partial charge is 0.370 e. The lowest BCUT2D eigenvalue weighted by molar-refractivity contribution is -0.150. The van der Waals surface area contributed by atoms with E-state index in [1.807, 2.05) is 30.3 Å². The van der Waals surface area contributed by atoms with Crippen molar-refractivity contribution in [1.82, 2.24) is 5.48 Å². The summed E-state index contributed by atoms with van der Waals surface area (Å²) >= 11 is 0. The van der Waals surface area contributed by atoms with Crippen LogP contribution in [0.15, 0.2) is 43.0 Å². The molecule has 0 aliphatic rings. The van der Waals surface area contributed by atoms with Crippen molar-refractivity contribution in [2.75, 3.05) is 0 Å². The van der Waals surface area contributed by atoms with Gasteiger partial charge in [0.25, 0.3) is 0 Å². The van der Waals surface area contributed by atoms with Crippen LogP contribution in [-0.2, 0) is 9.63 Å². The van der Waals surface area contributed by atoms with Crippen molar-refractivity contribution in [2.24, 2.45) is 0 Å². The molecule has 0 aliphatic carbocycles. The average molecular weight is 205 g/mol. The van der Waals surface area contributed by atoms with Gasteiger partial charge < -0.3 is 4.84 Å². The van der Waals surface area contributed by atoms with Gasteiger partial charge >= 0.3 is 5.97 Å². The highest BCUT2D eigenvalue weighted by Crippen LogP contribution is 2.16. The van der Waals surface area contributed by atoms with Crippen LogP contribution >= 0.6 is 0 Å². The Balaban J connectivity index is 2.65. The van der Waals surface area contributed by atoms with E-state index in [-0.39, 0.29) is 12.0 Å². The second-order valence-corrected chi connectivity index (χ2v) is 3.20. The maximum Gasteiger partial charge on any atom is 0.321 e. The summed E-state index contributed by atoms with van der Waals surface area (Å²) in [6, 6.07) is 9.75. The molecule has 0 spiro atoms. The molecule has 0 aliphatic heterocycles. The number of carbonyl (C=O) groups excluding carboxylic acids is 1. The lowest BCUT2D eigenvalue weighted by Gasteiger charge is -2.15. The zero-order valence-electron chi connectivity index (χ0n) is 8.77. The Bertz CT molecular complexity index is 322. The van der Waals surface area contributed by atoms with Crippen LogP contribution in [-0.4, -0.2) is 5.97 Å². The molecule has 0 heterocycles. The zero-order chi connectivity index (χ0) is 11.1. The van der Waals surface area contributed by atoms with E-state index >= 15 is 0 Å². The first kappa shape index (κ1) is 11.5. The van der Waals surface area contributed by atoms with Crippen LogP contribution in [0.4, 0.5) is 0 Å². The van der Waals surface area contributed by atoms with Gasteiger partial charge in [-0.25, -0.2) is 0 Å². The summed E-state index contributed by atoms with van der Waals surface area (Å²) in [7, 11) is 0. The number of hydrogen-bond acceptors (Lipinski definition) is 3. The first-order chi connectivity index (χ1) is 7.24. The number of hydroxylamine groups is 1. The third-order valence-electron chi connectivity index (χ3n) is 1.95. The van der Waals surface area contributed by atoms with Crippen molar-refractivity contribution in [3.8, 4) is 0 Å². The summed E-state index contributed by atoms with van der Waals surface area (Å²) < 4.78 is 0. The molecule has 0 saturated heterocycles. The predicted octanol–water partition coefficient (Wildman–Crippen LogP) is 2.37. The molecule has 0 bridgehead atoms. The van der Waals surface area contributed by atoms with Crippen LogP contribution in [0.25, 0.3) is 0 Å². The fraction of sp³-hybridized carbons (Fsp3) is 0.250. The van der Waals surface area contributed by atoms with Gasteiger partial charge in [-0.3, -0.25) is 4.79 Å². The van der Waals surface area contributed by atoms with E-state index in [9.17, 15) is 4.79 Å². The molecule has 0 amide bonds. The monoisotopic (exact) mass is 205 g/mol. The van der Waals surface area contributed by atoms with Gasteiger partial charge in [-0.05, 0) is 12.0 Å². The van der Waals surface area contributed by atoms with Crippen LogP contribution in [0.5, 0.6) is 0 Å². The van der Waals surface area contributed by atoms with E-state index in [4.69, 9.17) is 4.84 Å². The highest BCUT2D eigenvalue weighted by Gasteiger charge is 2.09. The van der Waals surface area contributed by atoms with Crippen molar-refractivity contribution in [3.05, 3.63) is 48.6 Å². The Kier molecular flexibility index (Phi) is 4.57. The van der Waals surface area contributed by atoms with Crippen molar-refractivity contribution in [1.29, 1.82) is 0 Å². The molecular formula is C12H15NO2. The summed E-state index contributed by atoms with van der Waals surface area (Å²) in [5.41, 5.74) is 3.78. The third-order valence-corrected chi connectivity index (χ3v) is 1.95. The third kappa shape index (κ3) is 3.95. The molecule has 80 valence electrons. The van der Waals surface area contributed by atoms with Gasteiger partial charge in [-0.15, -0.1) is 12.1 Å². The quantitative estimate of drug-likeness (QED) is 0.592. The van der Waals surface area contributed by atoms with E-state index in [0.29, 0.717) is 6.42 Å². The fourth-order valence-corrected chi connectivity index (χ4v) is 1.26. The van der Waals surface area contributed by atoms with E-state index in [1.54, 1.807) is 6.08 Å². The topological polar surface area (TPSA) is 38.3 Å². The first-order valence-corrected chi connectivity index (χ1v) is 4.83. The van der Waals surface area contributed by atoms with Gasteiger partial charge in [0.2, 0.25) is 0 Å². The van der Waals surface area contributed by atoms with Crippen LogP contribution in [0.3, 0.4) is 0 Å². The molecule has 1 atom stereocenters. The Morgan fingerprint density at radius 2 is 2.20 bits per heavy atom. The highest BCUT2D eigenvalue weighted by atomic mass is 16.7. The molecular weight excluding hydrogens is 190 g/mol. The maximum absolute atomic E-state index is 10.7. The minimum absolute atomic E-state index is 0.0346. The summed E-state index contributed by atoms with van der Waals surface area (Å²) in [4.78, 5) is 15.4. The van der Waals surface area contributed by atoms with E-state index in [0.717, 1.165) is 5.56 Å². The predicted molar refractivity (Wildman–Crippen MR) is 58.9 cm³/mol. The van der Waals surface area contributed by atoms with Crippen molar-refractivity contribution >= 4 is 5.97 Å². The summed E-state index contributed by atoms with van der Waals surface area (Å²) in [6.45, 7) is 5.04. The van der Waals surface area contributed by atoms with Crippen LogP contribution in [0.2, 0.25) is 0 Å². The van der Waals surface area contributed by atoms with Crippen LogP contribution in [0, 0.1) is 0 Å². The van der Waals surface area contributed by atoms with Gasteiger partial charge in [0.15, 0.2) is 0 Å². The van der Waals surface area contributed by atoms with Crippen molar-refractivity contribution in [2.45, 2.75) is 19.4 Å². The molecule has 15 heavy (non-hydrogen) atoms. The van der Waals surface area contributed by atoms with Crippen molar-refractivity contribution < 1.29 is 9.63 Å². The van der Waals surface area contributed by atoms with Gasteiger partial charge in [-0.2, -0.15) is 0 Å². The van der Waals surface area contributed by atoms with Crippen LogP contribution in [0.1, 0.15) is 24.9 Å². The minimum atomic E-state index is -0.347. The lowest BCUT2D eigenvalue weighted by Crippen LogP contribution is -2.23. The normalized spacial score (nSPS) is 11.8. The molecule has 0 fully saturated rings. The summed E-state index contributed by atoms with van der Waals surface area (Å²) in [5.74, 6) is -0.347. The average Bonchev–Trinajstić information content (AvgIpc) is 2.25. The first-order valence-electron chi connectivity index (χ1n) is 4.83.